The van der Waals surface area contributed by atoms with Gasteiger partial charge < -0.3 is 10.1 Å². The predicted octanol–water partition coefficient (Wildman–Crippen LogP) is 4.53. The van der Waals surface area contributed by atoms with Gasteiger partial charge in [0.05, 0.1) is 17.1 Å². The van der Waals surface area contributed by atoms with Gasteiger partial charge in [0.1, 0.15) is 5.75 Å². The number of hydrogen-bond acceptors (Lipinski definition) is 6. The van der Waals surface area contributed by atoms with E-state index in [-0.39, 0.29) is 11.8 Å². The summed E-state index contributed by atoms with van der Waals surface area (Å²) < 4.78 is 5.73. The minimum Gasteiger partial charge on any atom is -0.481 e. The fourth-order valence-electron chi connectivity index (χ4n) is 2.64. The van der Waals surface area contributed by atoms with E-state index in [1.54, 1.807) is 18.3 Å². The third kappa shape index (κ3) is 5.65. The van der Waals surface area contributed by atoms with Gasteiger partial charge in [0, 0.05) is 16.7 Å². The Bertz CT molecular complexity index is 1030. The smallest absolute Gasteiger partial charge is 0.266 e. The van der Waals surface area contributed by atoms with Crippen molar-refractivity contribution in [2.45, 2.75) is 40.3 Å². The van der Waals surface area contributed by atoms with Crippen LogP contribution in [0.25, 0.3) is 10.6 Å². The second kappa shape index (κ2) is 9.19. The molecule has 2 heterocycles. The molecule has 2 amide bonds. The van der Waals surface area contributed by atoms with E-state index >= 15 is 0 Å². The maximum Gasteiger partial charge on any atom is 0.266 e. The number of anilines is 1. The standard InChI is InChI=1S/C21H23N3O3S2/c1-12-6-5-7-16(10-12)27-13(2)20(26)24-21-23-19(14(3)28-21)18-9-8-17(29-18)11-22-15(4)25/h5-10,13H,11H2,1-4H3,(H,22,25)(H,23,24,26). The van der Waals surface area contributed by atoms with Crippen LogP contribution in [0.15, 0.2) is 36.4 Å². The van der Waals surface area contributed by atoms with Crippen molar-refractivity contribution in [1.29, 1.82) is 0 Å². The van der Waals surface area contributed by atoms with E-state index in [1.807, 2.05) is 50.2 Å². The van der Waals surface area contributed by atoms with Crippen LogP contribution in [0.4, 0.5) is 5.13 Å². The molecule has 0 radical (unpaired) electrons. The van der Waals surface area contributed by atoms with Gasteiger partial charge in [-0.1, -0.05) is 12.1 Å². The Kier molecular flexibility index (Phi) is 6.66. The SMILES string of the molecule is CC(=O)NCc1ccc(-c2nc(NC(=O)C(C)Oc3cccc(C)c3)sc2C)s1. The van der Waals surface area contributed by atoms with Gasteiger partial charge in [-0.25, -0.2) is 4.98 Å². The summed E-state index contributed by atoms with van der Waals surface area (Å²) in [7, 11) is 0. The number of aryl methyl sites for hydroxylation is 2. The van der Waals surface area contributed by atoms with Crippen molar-refractivity contribution in [3.05, 3.63) is 51.7 Å². The molecule has 1 atom stereocenters. The molecule has 0 aliphatic heterocycles. The zero-order chi connectivity index (χ0) is 21.0. The maximum absolute atomic E-state index is 12.5. The normalized spacial score (nSPS) is 11.7. The van der Waals surface area contributed by atoms with Gasteiger partial charge in [0.15, 0.2) is 11.2 Å². The topological polar surface area (TPSA) is 80.3 Å². The Balaban J connectivity index is 1.65. The minimum absolute atomic E-state index is 0.0585. The molecule has 0 aliphatic carbocycles. The molecule has 3 rings (SSSR count). The summed E-state index contributed by atoms with van der Waals surface area (Å²) in [6.07, 6.45) is -0.643. The highest BCUT2D eigenvalue weighted by Crippen LogP contribution is 2.34. The molecule has 6 nitrogen and oxygen atoms in total. The fraction of sp³-hybridized carbons (Fsp3) is 0.286. The first-order chi connectivity index (χ1) is 13.8. The van der Waals surface area contributed by atoms with Crippen LogP contribution in [-0.2, 0) is 16.1 Å². The Labute approximate surface area is 178 Å². The summed E-state index contributed by atoms with van der Waals surface area (Å²) in [4.78, 5) is 31.2. The zero-order valence-electron chi connectivity index (χ0n) is 16.7. The van der Waals surface area contributed by atoms with Crippen LogP contribution in [0, 0.1) is 13.8 Å². The Hall–Kier alpha value is -2.71. The Morgan fingerprint density at radius 2 is 1.97 bits per heavy atom. The zero-order valence-corrected chi connectivity index (χ0v) is 18.4. The van der Waals surface area contributed by atoms with Crippen LogP contribution in [0.1, 0.15) is 29.2 Å². The van der Waals surface area contributed by atoms with Crippen molar-refractivity contribution in [3.63, 3.8) is 0 Å². The lowest BCUT2D eigenvalue weighted by molar-refractivity contribution is -0.122. The molecule has 0 fully saturated rings. The van der Waals surface area contributed by atoms with E-state index in [2.05, 4.69) is 15.6 Å². The van der Waals surface area contributed by atoms with Crippen LogP contribution in [0.2, 0.25) is 0 Å². The summed E-state index contributed by atoms with van der Waals surface area (Å²) >= 11 is 3.01. The molecular weight excluding hydrogens is 406 g/mol. The molecule has 0 spiro atoms. The van der Waals surface area contributed by atoms with E-state index in [1.165, 1.54) is 18.3 Å². The van der Waals surface area contributed by atoms with Crippen molar-refractivity contribution >= 4 is 39.6 Å². The van der Waals surface area contributed by atoms with Gasteiger partial charge in [0.25, 0.3) is 5.91 Å². The van der Waals surface area contributed by atoms with E-state index in [0.717, 1.165) is 25.9 Å². The number of carbonyl (C=O) groups is 2. The van der Waals surface area contributed by atoms with Crippen LogP contribution in [0.5, 0.6) is 5.75 Å². The molecule has 2 aromatic heterocycles. The third-order valence-electron chi connectivity index (χ3n) is 4.10. The van der Waals surface area contributed by atoms with Gasteiger partial charge >= 0.3 is 0 Å². The van der Waals surface area contributed by atoms with E-state index in [9.17, 15) is 9.59 Å². The first kappa shape index (κ1) is 21.0. The Morgan fingerprint density at radius 1 is 1.17 bits per heavy atom. The molecule has 2 N–H and O–H groups in total. The maximum atomic E-state index is 12.5. The highest BCUT2D eigenvalue weighted by atomic mass is 32.1. The van der Waals surface area contributed by atoms with Crippen molar-refractivity contribution in [2.75, 3.05) is 5.32 Å². The highest BCUT2D eigenvalue weighted by molar-refractivity contribution is 7.18. The first-order valence-electron chi connectivity index (χ1n) is 9.17. The number of nitrogens with zero attached hydrogens (tertiary/aromatic N) is 1. The molecule has 3 aromatic rings. The summed E-state index contributed by atoms with van der Waals surface area (Å²) in [6, 6.07) is 11.6. The summed E-state index contributed by atoms with van der Waals surface area (Å²) in [5.74, 6) is 0.357. The lowest BCUT2D eigenvalue weighted by Crippen LogP contribution is -2.30. The van der Waals surface area contributed by atoms with E-state index in [0.29, 0.717) is 17.4 Å². The number of thiophene rings is 1. The molecular formula is C21H23N3O3S2. The minimum atomic E-state index is -0.643. The summed E-state index contributed by atoms with van der Waals surface area (Å²) in [5.41, 5.74) is 1.92. The monoisotopic (exact) mass is 429 g/mol. The number of rotatable bonds is 7. The second-order valence-electron chi connectivity index (χ2n) is 6.67. The molecule has 1 unspecified atom stereocenters. The van der Waals surface area contributed by atoms with E-state index < -0.39 is 6.10 Å². The number of carbonyl (C=O) groups excluding carboxylic acids is 2. The molecule has 1 aromatic carbocycles. The average molecular weight is 430 g/mol. The second-order valence-corrected chi connectivity index (χ2v) is 9.04. The number of nitrogens with one attached hydrogen (secondary N) is 2. The number of hydrogen-bond donors (Lipinski definition) is 2. The third-order valence-corrected chi connectivity index (χ3v) is 6.08. The van der Waals surface area contributed by atoms with Crippen LogP contribution in [0.3, 0.4) is 0 Å². The van der Waals surface area contributed by atoms with Gasteiger partial charge in [-0.3, -0.25) is 14.9 Å². The first-order valence-corrected chi connectivity index (χ1v) is 10.8. The number of ether oxygens (including phenoxy) is 1. The van der Waals surface area contributed by atoms with Crippen molar-refractivity contribution in [3.8, 4) is 16.3 Å². The van der Waals surface area contributed by atoms with Crippen LogP contribution in [-0.4, -0.2) is 22.9 Å². The quantitative estimate of drug-likeness (QED) is 0.578. The number of amides is 2. The lowest BCUT2D eigenvalue weighted by atomic mass is 10.2. The van der Waals surface area contributed by atoms with Gasteiger partial charge in [-0.05, 0) is 50.6 Å². The summed E-state index contributed by atoms with van der Waals surface area (Å²) in [6.45, 7) is 7.66. The fourth-order valence-corrected chi connectivity index (χ4v) is 4.53. The van der Waals surface area contributed by atoms with Crippen LogP contribution < -0.4 is 15.4 Å². The van der Waals surface area contributed by atoms with Gasteiger partial charge in [-0.15, -0.1) is 22.7 Å². The van der Waals surface area contributed by atoms with Crippen molar-refractivity contribution in [2.24, 2.45) is 0 Å². The molecule has 29 heavy (non-hydrogen) atoms. The highest BCUT2D eigenvalue weighted by Gasteiger charge is 2.19. The van der Waals surface area contributed by atoms with Crippen molar-refractivity contribution < 1.29 is 14.3 Å². The van der Waals surface area contributed by atoms with Gasteiger partial charge in [0.2, 0.25) is 5.91 Å². The number of thiazole rings is 1. The molecule has 8 heteroatoms. The molecule has 0 aliphatic rings. The Morgan fingerprint density at radius 3 is 2.69 bits per heavy atom. The molecule has 0 bridgehead atoms. The number of aromatic nitrogens is 1. The predicted molar refractivity (Wildman–Crippen MR) is 118 cm³/mol. The average Bonchev–Trinajstić information content (AvgIpc) is 3.26. The van der Waals surface area contributed by atoms with E-state index in [4.69, 9.17) is 4.74 Å². The largest absolute Gasteiger partial charge is 0.481 e. The molecule has 152 valence electrons. The van der Waals surface area contributed by atoms with Crippen LogP contribution >= 0.6 is 22.7 Å². The molecule has 0 saturated heterocycles. The molecule has 0 saturated carbocycles. The lowest BCUT2D eigenvalue weighted by Gasteiger charge is -2.14. The van der Waals surface area contributed by atoms with Gasteiger partial charge in [-0.2, -0.15) is 0 Å². The van der Waals surface area contributed by atoms with Crippen molar-refractivity contribution in [1.82, 2.24) is 10.3 Å². The summed E-state index contributed by atoms with van der Waals surface area (Å²) in [5, 5.41) is 6.18. The number of benzene rings is 1.